The van der Waals surface area contributed by atoms with E-state index in [2.05, 4.69) is 0 Å². The maximum Gasteiger partial charge on any atom is 0.416 e. The summed E-state index contributed by atoms with van der Waals surface area (Å²) in [6.45, 7) is 0. The summed E-state index contributed by atoms with van der Waals surface area (Å²) >= 11 is 0. The second-order valence-electron chi connectivity index (χ2n) is 7.83. The molecule has 0 unspecified atom stereocenters. The second kappa shape index (κ2) is 8.90. The highest BCUT2D eigenvalue weighted by atomic mass is 19.4. The Hall–Kier alpha value is -4.14. The van der Waals surface area contributed by atoms with Crippen molar-refractivity contribution in [3.05, 3.63) is 96.1 Å². The van der Waals surface area contributed by atoms with E-state index in [4.69, 9.17) is 16.2 Å². The fourth-order valence-corrected chi connectivity index (χ4v) is 3.53. The van der Waals surface area contributed by atoms with Crippen LogP contribution < -0.4 is 16.2 Å². The summed E-state index contributed by atoms with van der Waals surface area (Å²) in [5, 5.41) is 0. The molecule has 9 heteroatoms. The smallest absolute Gasteiger partial charge is 0.416 e. The monoisotopic (exact) mass is 488 g/mol. The van der Waals surface area contributed by atoms with Crippen molar-refractivity contribution < 1.29 is 31.1 Å². The van der Waals surface area contributed by atoms with Gasteiger partial charge in [0.05, 0.1) is 11.1 Å². The van der Waals surface area contributed by atoms with E-state index in [9.17, 15) is 26.3 Å². The molecule has 0 spiro atoms. The Morgan fingerprint density at radius 1 is 0.457 bits per heavy atom. The first kappa shape index (κ1) is 24.0. The predicted octanol–water partition coefficient (Wildman–Crippen LogP) is 8.01. The van der Waals surface area contributed by atoms with Gasteiger partial charge in [0.1, 0.15) is 11.5 Å². The summed E-state index contributed by atoms with van der Waals surface area (Å²) < 4.78 is 84.2. The maximum absolute atomic E-state index is 13.1. The van der Waals surface area contributed by atoms with Gasteiger partial charge in [-0.1, -0.05) is 24.3 Å². The SMILES string of the molecule is Nc1cc(-c2ccc(Oc3ccc(-c4cc(N)cc(C(F)(F)F)c4)cc3)cc2)cc(C(F)(F)F)c1. The average molecular weight is 488 g/mol. The van der Waals surface area contributed by atoms with Gasteiger partial charge in [0.2, 0.25) is 0 Å². The van der Waals surface area contributed by atoms with E-state index in [0.717, 1.165) is 24.3 Å². The van der Waals surface area contributed by atoms with Crippen molar-refractivity contribution in [1.29, 1.82) is 0 Å². The lowest BCUT2D eigenvalue weighted by Gasteiger charge is -2.12. The highest BCUT2D eigenvalue weighted by Crippen LogP contribution is 2.36. The Balaban J connectivity index is 1.52. The van der Waals surface area contributed by atoms with E-state index in [1.165, 1.54) is 12.1 Å². The van der Waals surface area contributed by atoms with E-state index in [0.29, 0.717) is 33.8 Å². The molecule has 0 saturated heterocycles. The van der Waals surface area contributed by atoms with Crippen LogP contribution in [0.25, 0.3) is 22.3 Å². The van der Waals surface area contributed by atoms with Crippen LogP contribution in [0.5, 0.6) is 11.5 Å². The van der Waals surface area contributed by atoms with E-state index in [1.807, 2.05) is 0 Å². The average Bonchev–Trinajstić information content (AvgIpc) is 2.78. The number of alkyl halides is 6. The van der Waals surface area contributed by atoms with Gasteiger partial charge in [-0.05, 0) is 82.9 Å². The molecule has 0 aliphatic rings. The van der Waals surface area contributed by atoms with Crippen molar-refractivity contribution in [2.45, 2.75) is 12.4 Å². The number of rotatable bonds is 4. The largest absolute Gasteiger partial charge is 0.457 e. The lowest BCUT2D eigenvalue weighted by Crippen LogP contribution is -2.06. The highest BCUT2D eigenvalue weighted by molar-refractivity contribution is 5.70. The van der Waals surface area contributed by atoms with Crippen LogP contribution in [0.3, 0.4) is 0 Å². The molecule has 0 radical (unpaired) electrons. The van der Waals surface area contributed by atoms with Crippen LogP contribution in [0.4, 0.5) is 37.7 Å². The molecule has 0 bridgehead atoms. The van der Waals surface area contributed by atoms with Gasteiger partial charge in [-0.2, -0.15) is 26.3 Å². The van der Waals surface area contributed by atoms with Crippen molar-refractivity contribution in [2.75, 3.05) is 11.5 Å². The Labute approximate surface area is 196 Å². The third-order valence-corrected chi connectivity index (χ3v) is 5.18. The molecule has 3 nitrogen and oxygen atoms in total. The zero-order chi connectivity index (χ0) is 25.4. The fourth-order valence-electron chi connectivity index (χ4n) is 3.53. The van der Waals surface area contributed by atoms with Crippen LogP contribution in [-0.2, 0) is 12.4 Å². The van der Waals surface area contributed by atoms with E-state index in [1.54, 1.807) is 48.5 Å². The minimum Gasteiger partial charge on any atom is -0.457 e. The van der Waals surface area contributed by atoms with Gasteiger partial charge in [0, 0.05) is 11.4 Å². The Morgan fingerprint density at radius 2 is 0.800 bits per heavy atom. The molecule has 0 aromatic heterocycles. The van der Waals surface area contributed by atoms with Crippen LogP contribution >= 0.6 is 0 Å². The number of hydrogen-bond acceptors (Lipinski definition) is 3. The summed E-state index contributed by atoms with van der Waals surface area (Å²) in [6, 6.07) is 19.4. The van der Waals surface area contributed by atoms with Crippen molar-refractivity contribution in [3.63, 3.8) is 0 Å². The Kier molecular flexibility index (Phi) is 6.10. The van der Waals surface area contributed by atoms with Crippen LogP contribution in [0.1, 0.15) is 11.1 Å². The first-order chi connectivity index (χ1) is 16.4. The van der Waals surface area contributed by atoms with Crippen LogP contribution in [-0.4, -0.2) is 0 Å². The quantitative estimate of drug-likeness (QED) is 0.226. The summed E-state index contributed by atoms with van der Waals surface area (Å²) in [5.41, 5.74) is 11.2. The van der Waals surface area contributed by atoms with Gasteiger partial charge in [0.15, 0.2) is 0 Å². The third kappa shape index (κ3) is 5.68. The van der Waals surface area contributed by atoms with Gasteiger partial charge >= 0.3 is 12.4 Å². The number of hydrogen-bond donors (Lipinski definition) is 2. The summed E-state index contributed by atoms with van der Waals surface area (Å²) in [5.74, 6) is 0.842. The molecule has 4 rings (SSSR count). The van der Waals surface area contributed by atoms with Gasteiger partial charge in [-0.15, -0.1) is 0 Å². The van der Waals surface area contributed by atoms with Crippen molar-refractivity contribution in [3.8, 4) is 33.8 Å². The first-order valence-corrected chi connectivity index (χ1v) is 10.2. The lowest BCUT2D eigenvalue weighted by molar-refractivity contribution is -0.138. The molecule has 0 atom stereocenters. The van der Waals surface area contributed by atoms with Crippen molar-refractivity contribution in [1.82, 2.24) is 0 Å². The van der Waals surface area contributed by atoms with E-state index in [-0.39, 0.29) is 11.4 Å². The van der Waals surface area contributed by atoms with E-state index >= 15 is 0 Å². The molecule has 0 saturated carbocycles. The zero-order valence-corrected chi connectivity index (χ0v) is 17.9. The Bertz CT molecular complexity index is 1240. The minimum atomic E-state index is -4.51. The van der Waals surface area contributed by atoms with Gasteiger partial charge in [-0.3, -0.25) is 0 Å². The van der Waals surface area contributed by atoms with Gasteiger partial charge < -0.3 is 16.2 Å². The second-order valence-corrected chi connectivity index (χ2v) is 7.83. The molecule has 0 heterocycles. The minimum absolute atomic E-state index is 0.00207. The number of benzene rings is 4. The van der Waals surface area contributed by atoms with E-state index < -0.39 is 23.5 Å². The topological polar surface area (TPSA) is 61.3 Å². The number of anilines is 2. The molecular formula is C26H18F6N2O. The van der Waals surface area contributed by atoms with Crippen LogP contribution in [0.2, 0.25) is 0 Å². The molecule has 35 heavy (non-hydrogen) atoms. The summed E-state index contributed by atoms with van der Waals surface area (Å²) in [6.07, 6.45) is -9.03. The predicted molar refractivity (Wildman–Crippen MR) is 123 cm³/mol. The number of nitrogens with two attached hydrogens (primary N) is 2. The van der Waals surface area contributed by atoms with Crippen molar-refractivity contribution >= 4 is 11.4 Å². The standard InChI is InChI=1S/C26H18F6N2O/c27-25(28,29)19-9-17(11-21(33)13-19)15-1-5-23(6-2-15)35-24-7-3-16(4-8-24)18-10-20(26(30,31)32)14-22(34)12-18/h1-14H,33-34H2. The van der Waals surface area contributed by atoms with Crippen LogP contribution in [0.15, 0.2) is 84.9 Å². The number of nitrogen functional groups attached to an aromatic ring is 2. The number of halogens is 6. The maximum atomic E-state index is 13.1. The molecule has 0 aliphatic carbocycles. The third-order valence-electron chi connectivity index (χ3n) is 5.18. The molecule has 0 aliphatic heterocycles. The molecular weight excluding hydrogens is 470 g/mol. The molecule has 180 valence electrons. The zero-order valence-electron chi connectivity index (χ0n) is 17.9. The molecule has 0 fully saturated rings. The van der Waals surface area contributed by atoms with Gasteiger partial charge in [-0.25, -0.2) is 0 Å². The fraction of sp³-hybridized carbons (Fsp3) is 0.0769. The summed E-state index contributed by atoms with van der Waals surface area (Å²) in [7, 11) is 0. The molecule has 4 aromatic carbocycles. The Morgan fingerprint density at radius 3 is 1.11 bits per heavy atom. The molecule has 4 aromatic rings. The van der Waals surface area contributed by atoms with Gasteiger partial charge in [0.25, 0.3) is 0 Å². The normalized spacial score (nSPS) is 11.9. The number of ether oxygens (including phenoxy) is 1. The molecule has 0 amide bonds. The highest BCUT2D eigenvalue weighted by Gasteiger charge is 2.32. The van der Waals surface area contributed by atoms with Crippen molar-refractivity contribution in [2.24, 2.45) is 0 Å². The first-order valence-electron chi connectivity index (χ1n) is 10.2. The van der Waals surface area contributed by atoms with Crippen LogP contribution in [0, 0.1) is 0 Å². The summed E-state index contributed by atoms with van der Waals surface area (Å²) in [4.78, 5) is 0. The molecule has 4 N–H and O–H groups in total. The lowest BCUT2D eigenvalue weighted by atomic mass is 10.0.